The number of benzene rings is 1. The van der Waals surface area contributed by atoms with Gasteiger partial charge in [0, 0.05) is 24.3 Å². The van der Waals surface area contributed by atoms with Crippen LogP contribution in [0.3, 0.4) is 0 Å². The molecular formula is C16H21N3O. The lowest BCUT2D eigenvalue weighted by atomic mass is 10.1. The molecule has 1 aromatic heterocycles. The molecule has 4 nitrogen and oxygen atoms in total. The second-order valence-corrected chi connectivity index (χ2v) is 5.33. The Labute approximate surface area is 119 Å². The number of aromatic amines is 1. The molecule has 0 amide bonds. The molecule has 0 unspecified atom stereocenters. The molecule has 2 aromatic rings. The highest BCUT2D eigenvalue weighted by Crippen LogP contribution is 2.25. The van der Waals surface area contributed by atoms with E-state index in [4.69, 9.17) is 4.74 Å². The van der Waals surface area contributed by atoms with Gasteiger partial charge in [-0.2, -0.15) is 5.10 Å². The van der Waals surface area contributed by atoms with Crippen molar-refractivity contribution in [1.29, 1.82) is 0 Å². The summed E-state index contributed by atoms with van der Waals surface area (Å²) in [7, 11) is 0. The largest absolute Gasteiger partial charge is 0.492 e. The Kier molecular flexibility index (Phi) is 4.02. The van der Waals surface area contributed by atoms with Gasteiger partial charge in [-0.15, -0.1) is 0 Å². The minimum absolute atomic E-state index is 0.690. The second-order valence-electron chi connectivity index (χ2n) is 5.33. The van der Waals surface area contributed by atoms with Crippen LogP contribution < -0.4 is 10.1 Å². The Bertz CT molecular complexity index is 577. The molecule has 0 radical (unpaired) electrons. The lowest BCUT2D eigenvalue weighted by molar-refractivity contribution is 0.313. The fraction of sp³-hybridized carbons (Fsp3) is 0.438. The third-order valence-electron chi connectivity index (χ3n) is 3.87. The number of ether oxygens (including phenoxy) is 1. The van der Waals surface area contributed by atoms with Gasteiger partial charge < -0.3 is 10.1 Å². The van der Waals surface area contributed by atoms with Crippen LogP contribution in [0.4, 0.5) is 0 Å². The Morgan fingerprint density at radius 1 is 1.30 bits per heavy atom. The summed E-state index contributed by atoms with van der Waals surface area (Å²) >= 11 is 0. The highest BCUT2D eigenvalue weighted by molar-refractivity contribution is 5.38. The summed E-state index contributed by atoms with van der Waals surface area (Å²) in [4.78, 5) is 0. The van der Waals surface area contributed by atoms with Gasteiger partial charge in [-0.3, -0.25) is 5.10 Å². The maximum Gasteiger partial charge on any atom is 0.119 e. The van der Waals surface area contributed by atoms with Crippen molar-refractivity contribution in [3.05, 3.63) is 46.8 Å². The molecule has 106 valence electrons. The van der Waals surface area contributed by atoms with E-state index in [1.165, 1.54) is 36.0 Å². The Hall–Kier alpha value is -1.81. The fourth-order valence-electron chi connectivity index (χ4n) is 2.66. The molecule has 20 heavy (non-hydrogen) atoms. The third kappa shape index (κ3) is 3.02. The smallest absolute Gasteiger partial charge is 0.119 e. The molecule has 2 N–H and O–H groups in total. The number of H-pyrrole nitrogens is 1. The van der Waals surface area contributed by atoms with Crippen molar-refractivity contribution in [1.82, 2.24) is 15.5 Å². The van der Waals surface area contributed by atoms with Crippen LogP contribution in [0.5, 0.6) is 5.75 Å². The number of nitrogens with zero attached hydrogens (tertiary/aromatic N) is 1. The van der Waals surface area contributed by atoms with Gasteiger partial charge in [0.05, 0.1) is 6.20 Å². The molecule has 1 heterocycles. The van der Waals surface area contributed by atoms with Crippen molar-refractivity contribution in [3.8, 4) is 5.75 Å². The first-order valence-electron chi connectivity index (χ1n) is 7.27. The lowest BCUT2D eigenvalue weighted by Crippen LogP contribution is -2.20. The number of fused-ring (bicyclic) bond motifs is 1. The molecule has 3 rings (SSSR count). The Morgan fingerprint density at radius 3 is 3.05 bits per heavy atom. The maximum atomic E-state index is 5.79. The van der Waals surface area contributed by atoms with Crippen LogP contribution in [0.25, 0.3) is 0 Å². The zero-order chi connectivity index (χ0) is 13.8. The summed E-state index contributed by atoms with van der Waals surface area (Å²) in [6.45, 7) is 4.39. The number of aryl methyl sites for hydroxylation is 3. The Morgan fingerprint density at radius 2 is 2.20 bits per heavy atom. The predicted molar refractivity (Wildman–Crippen MR) is 79.0 cm³/mol. The first-order chi connectivity index (χ1) is 9.83. The summed E-state index contributed by atoms with van der Waals surface area (Å²) < 4.78 is 5.79. The van der Waals surface area contributed by atoms with E-state index in [-0.39, 0.29) is 0 Å². The van der Waals surface area contributed by atoms with Gasteiger partial charge in [-0.05, 0) is 49.4 Å². The molecule has 0 bridgehead atoms. The molecule has 1 aliphatic rings. The molecule has 0 spiro atoms. The summed E-state index contributed by atoms with van der Waals surface area (Å²) in [5, 5.41) is 10.3. The zero-order valence-electron chi connectivity index (χ0n) is 11.9. The fourth-order valence-corrected chi connectivity index (χ4v) is 2.66. The summed E-state index contributed by atoms with van der Waals surface area (Å²) in [5.41, 5.74) is 5.29. The maximum absolute atomic E-state index is 5.79. The van der Waals surface area contributed by atoms with Crippen LogP contribution in [-0.2, 0) is 19.4 Å². The topological polar surface area (TPSA) is 49.9 Å². The standard InChI is InChI=1S/C16H21N3O/c1-12-15(11-18-19-12)10-17-7-8-20-16-6-5-13-3-2-4-14(13)9-16/h5-6,9,11,17H,2-4,7-8,10H2,1H3,(H,18,19). The molecule has 0 saturated carbocycles. The van der Waals surface area contributed by atoms with Crippen LogP contribution in [0, 0.1) is 6.92 Å². The minimum Gasteiger partial charge on any atom is -0.492 e. The molecule has 1 aromatic carbocycles. The molecule has 4 heteroatoms. The van der Waals surface area contributed by atoms with Crippen molar-refractivity contribution >= 4 is 0 Å². The second kappa shape index (κ2) is 6.09. The van der Waals surface area contributed by atoms with E-state index in [0.717, 1.165) is 24.5 Å². The minimum atomic E-state index is 0.690. The van der Waals surface area contributed by atoms with E-state index in [2.05, 4.69) is 33.7 Å². The molecular weight excluding hydrogens is 250 g/mol. The highest BCUT2D eigenvalue weighted by atomic mass is 16.5. The van der Waals surface area contributed by atoms with E-state index in [9.17, 15) is 0 Å². The normalized spacial score (nSPS) is 13.4. The third-order valence-corrected chi connectivity index (χ3v) is 3.87. The molecule has 0 saturated heterocycles. The molecule has 0 fully saturated rings. The number of hydrogen-bond acceptors (Lipinski definition) is 3. The van der Waals surface area contributed by atoms with Gasteiger partial charge in [-0.25, -0.2) is 0 Å². The summed E-state index contributed by atoms with van der Waals surface area (Å²) in [6.07, 6.45) is 5.57. The van der Waals surface area contributed by atoms with Crippen molar-refractivity contribution in [2.24, 2.45) is 0 Å². The van der Waals surface area contributed by atoms with E-state index in [0.29, 0.717) is 6.61 Å². The van der Waals surface area contributed by atoms with E-state index in [1.54, 1.807) is 0 Å². The zero-order valence-corrected chi connectivity index (χ0v) is 11.9. The quantitative estimate of drug-likeness (QED) is 0.793. The molecule has 0 atom stereocenters. The van der Waals surface area contributed by atoms with Crippen molar-refractivity contribution in [3.63, 3.8) is 0 Å². The first-order valence-corrected chi connectivity index (χ1v) is 7.27. The van der Waals surface area contributed by atoms with Crippen molar-refractivity contribution in [2.45, 2.75) is 32.7 Å². The van der Waals surface area contributed by atoms with Gasteiger partial charge >= 0.3 is 0 Å². The molecule has 1 aliphatic carbocycles. The predicted octanol–water partition coefficient (Wildman–Crippen LogP) is 2.38. The molecule has 0 aliphatic heterocycles. The van der Waals surface area contributed by atoms with Crippen LogP contribution in [0.2, 0.25) is 0 Å². The van der Waals surface area contributed by atoms with E-state index in [1.807, 2.05) is 13.1 Å². The first kappa shape index (κ1) is 13.2. The number of hydrogen-bond donors (Lipinski definition) is 2. The van der Waals surface area contributed by atoms with Crippen molar-refractivity contribution in [2.75, 3.05) is 13.2 Å². The average Bonchev–Trinajstić information content (AvgIpc) is 3.07. The SMILES string of the molecule is Cc1[nH]ncc1CNCCOc1ccc2c(c1)CCC2. The van der Waals surface area contributed by atoms with Crippen LogP contribution >= 0.6 is 0 Å². The summed E-state index contributed by atoms with van der Waals surface area (Å²) in [6, 6.07) is 6.49. The van der Waals surface area contributed by atoms with Crippen LogP contribution in [0.15, 0.2) is 24.4 Å². The average molecular weight is 271 g/mol. The number of nitrogens with one attached hydrogen (secondary N) is 2. The van der Waals surface area contributed by atoms with Gasteiger partial charge in [0.2, 0.25) is 0 Å². The van der Waals surface area contributed by atoms with Crippen LogP contribution in [0.1, 0.15) is 28.8 Å². The van der Waals surface area contributed by atoms with Gasteiger partial charge in [0.15, 0.2) is 0 Å². The van der Waals surface area contributed by atoms with Gasteiger partial charge in [-0.1, -0.05) is 6.07 Å². The van der Waals surface area contributed by atoms with E-state index < -0.39 is 0 Å². The lowest BCUT2D eigenvalue weighted by Gasteiger charge is -2.09. The van der Waals surface area contributed by atoms with E-state index >= 15 is 0 Å². The monoisotopic (exact) mass is 271 g/mol. The van der Waals surface area contributed by atoms with Crippen LogP contribution in [-0.4, -0.2) is 23.3 Å². The van der Waals surface area contributed by atoms with Crippen molar-refractivity contribution < 1.29 is 4.74 Å². The van der Waals surface area contributed by atoms with Gasteiger partial charge in [0.25, 0.3) is 0 Å². The number of rotatable bonds is 6. The highest BCUT2D eigenvalue weighted by Gasteiger charge is 2.10. The Balaban J connectivity index is 1.41. The number of aromatic nitrogens is 2. The summed E-state index contributed by atoms with van der Waals surface area (Å²) in [5.74, 6) is 0.993. The van der Waals surface area contributed by atoms with Gasteiger partial charge in [0.1, 0.15) is 12.4 Å².